The monoisotopic (exact) mass is 315 g/mol. The van der Waals surface area contributed by atoms with Crippen LogP contribution in [0.3, 0.4) is 0 Å². The molecule has 0 aliphatic heterocycles. The number of benzene rings is 2. The van der Waals surface area contributed by atoms with E-state index in [0.29, 0.717) is 16.4 Å². The van der Waals surface area contributed by atoms with Crippen molar-refractivity contribution in [1.29, 1.82) is 0 Å². The highest BCUT2D eigenvalue weighted by molar-refractivity contribution is 6.30. The molecule has 2 aromatic rings. The lowest BCUT2D eigenvalue weighted by molar-refractivity contribution is -0.111. The van der Waals surface area contributed by atoms with E-state index >= 15 is 0 Å². The minimum absolute atomic E-state index is 0.295. The number of primary amides is 1. The van der Waals surface area contributed by atoms with Crippen molar-refractivity contribution in [2.45, 2.75) is 0 Å². The third-order valence-corrected chi connectivity index (χ3v) is 2.91. The molecule has 0 heterocycles. The van der Waals surface area contributed by atoms with Crippen molar-refractivity contribution in [3.63, 3.8) is 0 Å². The Morgan fingerprint density at radius 1 is 1.00 bits per heavy atom. The molecule has 0 saturated carbocycles. The fourth-order valence-electron chi connectivity index (χ4n) is 1.78. The maximum Gasteiger partial charge on any atom is 0.316 e. The molecule has 0 spiro atoms. The van der Waals surface area contributed by atoms with Crippen molar-refractivity contribution in [3.8, 4) is 0 Å². The molecule has 0 saturated heterocycles. The number of carbonyl (C=O) groups excluding carboxylic acids is 2. The Labute approximate surface area is 132 Å². The van der Waals surface area contributed by atoms with Crippen molar-refractivity contribution < 1.29 is 9.59 Å². The van der Waals surface area contributed by atoms with Crippen LogP contribution in [-0.4, -0.2) is 11.9 Å². The number of hydrogen-bond donors (Lipinski definition) is 3. The summed E-state index contributed by atoms with van der Waals surface area (Å²) in [6, 6.07) is 13.2. The van der Waals surface area contributed by atoms with Crippen LogP contribution in [0.1, 0.15) is 5.56 Å². The fraction of sp³-hybridized carbons (Fsp3) is 0. The van der Waals surface area contributed by atoms with Crippen molar-refractivity contribution in [3.05, 3.63) is 65.2 Å². The molecular formula is C16H14ClN3O2. The first-order chi connectivity index (χ1) is 10.5. The van der Waals surface area contributed by atoms with E-state index in [4.69, 9.17) is 17.3 Å². The second-order valence-electron chi connectivity index (χ2n) is 4.45. The number of halogens is 1. The van der Waals surface area contributed by atoms with E-state index in [9.17, 15) is 9.59 Å². The van der Waals surface area contributed by atoms with Crippen molar-refractivity contribution in [2.75, 3.05) is 10.6 Å². The zero-order valence-electron chi connectivity index (χ0n) is 11.5. The minimum Gasteiger partial charge on any atom is -0.351 e. The van der Waals surface area contributed by atoms with E-state index in [1.54, 1.807) is 48.5 Å². The van der Waals surface area contributed by atoms with E-state index in [1.165, 1.54) is 6.08 Å². The van der Waals surface area contributed by atoms with Gasteiger partial charge in [-0.2, -0.15) is 0 Å². The van der Waals surface area contributed by atoms with Gasteiger partial charge in [-0.25, -0.2) is 4.79 Å². The lowest BCUT2D eigenvalue weighted by atomic mass is 10.2. The summed E-state index contributed by atoms with van der Waals surface area (Å²) in [5.41, 5.74) is 6.92. The van der Waals surface area contributed by atoms with Gasteiger partial charge in [-0.3, -0.25) is 4.79 Å². The topological polar surface area (TPSA) is 84.2 Å². The molecule has 2 rings (SSSR count). The molecular weight excluding hydrogens is 302 g/mol. The molecule has 5 nitrogen and oxygen atoms in total. The molecule has 0 aliphatic rings. The fourth-order valence-corrected chi connectivity index (χ4v) is 1.98. The first kappa shape index (κ1) is 15.6. The molecule has 0 atom stereocenters. The largest absolute Gasteiger partial charge is 0.351 e. The van der Waals surface area contributed by atoms with Crippen LogP contribution >= 0.6 is 11.6 Å². The normalized spacial score (nSPS) is 10.4. The maximum atomic E-state index is 11.9. The Bertz CT molecular complexity index is 729. The van der Waals surface area contributed by atoms with Gasteiger partial charge in [0.25, 0.3) is 0 Å². The summed E-state index contributed by atoms with van der Waals surface area (Å²) in [4.78, 5) is 22.7. The lowest BCUT2D eigenvalue weighted by Gasteiger charge is -2.05. The summed E-state index contributed by atoms with van der Waals surface area (Å²) in [6.07, 6.45) is 3.06. The summed E-state index contributed by atoms with van der Waals surface area (Å²) in [6.45, 7) is 0. The Morgan fingerprint density at radius 2 is 1.68 bits per heavy atom. The zero-order chi connectivity index (χ0) is 15.9. The molecule has 0 aromatic heterocycles. The quantitative estimate of drug-likeness (QED) is 0.755. The second kappa shape index (κ2) is 7.28. The number of amides is 3. The highest BCUT2D eigenvalue weighted by Crippen LogP contribution is 2.15. The maximum absolute atomic E-state index is 11.9. The van der Waals surface area contributed by atoms with Crippen LogP contribution in [0.5, 0.6) is 0 Å². The van der Waals surface area contributed by atoms with Gasteiger partial charge in [-0.15, -0.1) is 0 Å². The summed E-state index contributed by atoms with van der Waals surface area (Å²) in [5, 5.41) is 5.73. The number of nitrogens with two attached hydrogens (primary N) is 1. The van der Waals surface area contributed by atoms with Gasteiger partial charge in [-0.05, 0) is 42.0 Å². The number of nitrogens with one attached hydrogen (secondary N) is 2. The zero-order valence-corrected chi connectivity index (χ0v) is 12.3. The highest BCUT2D eigenvalue weighted by atomic mass is 35.5. The SMILES string of the molecule is NC(=O)Nc1cccc(NC(=O)/C=C/c2cccc(Cl)c2)c1. The van der Waals surface area contributed by atoms with E-state index in [2.05, 4.69) is 10.6 Å². The molecule has 4 N–H and O–H groups in total. The van der Waals surface area contributed by atoms with Crippen LogP contribution in [-0.2, 0) is 4.79 Å². The molecule has 0 radical (unpaired) electrons. The van der Waals surface area contributed by atoms with Crippen LogP contribution in [0.15, 0.2) is 54.6 Å². The first-order valence-electron chi connectivity index (χ1n) is 6.44. The van der Waals surface area contributed by atoms with Gasteiger partial charge in [0, 0.05) is 22.5 Å². The van der Waals surface area contributed by atoms with Crippen LogP contribution in [0.25, 0.3) is 6.08 Å². The van der Waals surface area contributed by atoms with Gasteiger partial charge >= 0.3 is 6.03 Å². The Kier molecular flexibility index (Phi) is 5.16. The van der Waals surface area contributed by atoms with Gasteiger partial charge in [0.05, 0.1) is 0 Å². The molecule has 2 aromatic carbocycles. The van der Waals surface area contributed by atoms with Gasteiger partial charge in [0.1, 0.15) is 0 Å². The first-order valence-corrected chi connectivity index (χ1v) is 6.82. The lowest BCUT2D eigenvalue weighted by Crippen LogP contribution is -2.19. The van der Waals surface area contributed by atoms with Crippen molar-refractivity contribution >= 4 is 41.0 Å². The average Bonchev–Trinajstić information content (AvgIpc) is 2.45. The molecule has 0 unspecified atom stereocenters. The predicted molar refractivity (Wildman–Crippen MR) is 88.8 cm³/mol. The summed E-state index contributed by atoms with van der Waals surface area (Å²) in [5.74, 6) is -0.295. The number of anilines is 2. The third-order valence-electron chi connectivity index (χ3n) is 2.67. The smallest absolute Gasteiger partial charge is 0.316 e. The molecule has 112 valence electrons. The summed E-state index contributed by atoms with van der Waals surface area (Å²) >= 11 is 5.87. The van der Waals surface area contributed by atoms with E-state index in [-0.39, 0.29) is 5.91 Å². The highest BCUT2D eigenvalue weighted by Gasteiger charge is 2.01. The average molecular weight is 316 g/mol. The second-order valence-corrected chi connectivity index (χ2v) is 4.88. The van der Waals surface area contributed by atoms with Gasteiger partial charge in [-0.1, -0.05) is 29.8 Å². The number of hydrogen-bond acceptors (Lipinski definition) is 2. The Hall–Kier alpha value is -2.79. The number of rotatable bonds is 4. The van der Waals surface area contributed by atoms with Crippen LogP contribution < -0.4 is 16.4 Å². The summed E-state index contributed by atoms with van der Waals surface area (Å²) in [7, 11) is 0. The predicted octanol–water partition coefficient (Wildman–Crippen LogP) is 3.48. The standard InChI is InChI=1S/C16H14ClN3O2/c17-12-4-1-3-11(9-12)7-8-15(21)19-13-5-2-6-14(10-13)20-16(18)22/h1-10H,(H,19,21)(H3,18,20,22)/b8-7+. The van der Waals surface area contributed by atoms with E-state index in [0.717, 1.165) is 5.56 Å². The Morgan fingerprint density at radius 3 is 2.36 bits per heavy atom. The molecule has 0 fully saturated rings. The van der Waals surface area contributed by atoms with Crippen molar-refractivity contribution in [2.24, 2.45) is 5.73 Å². The number of urea groups is 1. The van der Waals surface area contributed by atoms with Gasteiger partial charge in [0.15, 0.2) is 0 Å². The van der Waals surface area contributed by atoms with Crippen molar-refractivity contribution in [1.82, 2.24) is 0 Å². The third kappa shape index (κ3) is 4.96. The van der Waals surface area contributed by atoms with Gasteiger partial charge in [0.2, 0.25) is 5.91 Å². The van der Waals surface area contributed by atoms with Crippen LogP contribution in [0.2, 0.25) is 5.02 Å². The number of carbonyl (C=O) groups is 2. The van der Waals surface area contributed by atoms with E-state index < -0.39 is 6.03 Å². The van der Waals surface area contributed by atoms with Crippen LogP contribution in [0, 0.1) is 0 Å². The molecule has 0 aliphatic carbocycles. The molecule has 22 heavy (non-hydrogen) atoms. The molecule has 3 amide bonds. The molecule has 0 bridgehead atoms. The van der Waals surface area contributed by atoms with Gasteiger partial charge < -0.3 is 16.4 Å². The summed E-state index contributed by atoms with van der Waals surface area (Å²) < 4.78 is 0. The Balaban J connectivity index is 2.01. The van der Waals surface area contributed by atoms with E-state index in [1.807, 2.05) is 6.07 Å². The minimum atomic E-state index is -0.663. The molecule has 6 heteroatoms. The van der Waals surface area contributed by atoms with Crippen LogP contribution in [0.4, 0.5) is 16.2 Å².